The van der Waals surface area contributed by atoms with Crippen LogP contribution in [0.2, 0.25) is 0 Å². The summed E-state index contributed by atoms with van der Waals surface area (Å²) in [5, 5.41) is 6.38. The van der Waals surface area contributed by atoms with E-state index in [9.17, 15) is 0 Å². The number of hydrogen-bond donors (Lipinski definition) is 1. The number of rotatable bonds is 6. The van der Waals surface area contributed by atoms with Gasteiger partial charge in [-0.15, -0.1) is 0 Å². The average molecular weight is 591 g/mol. The molecule has 2 atom stereocenters. The van der Waals surface area contributed by atoms with E-state index in [1.807, 2.05) is 0 Å². The van der Waals surface area contributed by atoms with Crippen LogP contribution in [0.15, 0.2) is 181 Å². The van der Waals surface area contributed by atoms with Gasteiger partial charge in [0.1, 0.15) is 6.17 Å². The molecule has 1 aliphatic rings. The Labute approximate surface area is 270 Å². The Balaban J connectivity index is 1.25. The van der Waals surface area contributed by atoms with E-state index in [2.05, 4.69) is 181 Å². The molecule has 2 nitrogen and oxygen atoms in total. The highest BCUT2D eigenvalue weighted by molar-refractivity contribution is 6.05. The molecule has 0 saturated carbocycles. The minimum absolute atomic E-state index is 0.115. The van der Waals surface area contributed by atoms with Crippen LogP contribution in [0.1, 0.15) is 35.3 Å². The van der Waals surface area contributed by atoms with E-state index in [4.69, 9.17) is 4.99 Å². The number of hydrogen-bond acceptors (Lipinski definition) is 2. The zero-order valence-corrected chi connectivity index (χ0v) is 25.6. The second-order valence-electron chi connectivity index (χ2n) is 12.0. The van der Waals surface area contributed by atoms with Crippen LogP contribution >= 0.6 is 0 Å². The van der Waals surface area contributed by atoms with Gasteiger partial charge < -0.3 is 0 Å². The minimum atomic E-state index is -0.148. The van der Waals surface area contributed by atoms with Crippen molar-refractivity contribution in [2.75, 3.05) is 0 Å². The van der Waals surface area contributed by atoms with Crippen LogP contribution in [0.25, 0.3) is 44.2 Å². The monoisotopic (exact) mass is 590 g/mol. The fourth-order valence-electron chi connectivity index (χ4n) is 6.66. The van der Waals surface area contributed by atoms with E-state index in [0.717, 1.165) is 17.7 Å². The normalized spacial score (nSPS) is 16.2. The van der Waals surface area contributed by atoms with Gasteiger partial charge in [-0.25, -0.2) is 0 Å². The lowest BCUT2D eigenvalue weighted by Crippen LogP contribution is -2.33. The van der Waals surface area contributed by atoms with Gasteiger partial charge in [0.25, 0.3) is 0 Å². The predicted octanol–water partition coefficient (Wildman–Crippen LogP) is 11.1. The molecule has 2 heteroatoms. The van der Waals surface area contributed by atoms with Crippen molar-refractivity contribution in [3.63, 3.8) is 0 Å². The Morgan fingerprint density at radius 1 is 0.435 bits per heavy atom. The standard InChI is InChI=1S/C44H34N2/c1-4-13-31(14-5-1)33-23-25-35(26-24-33)42-30-43(46-44(45-42)36-18-8-3-9-19-36)39-28-37(32-15-6-2-7-16-32)27-38(29-39)41-22-12-20-34-17-10-11-21-40(34)41/h1-29,42,44-45H,30H2. The average Bonchev–Trinajstić information content (AvgIpc) is 3.15. The maximum atomic E-state index is 5.40. The summed E-state index contributed by atoms with van der Waals surface area (Å²) in [6.07, 6.45) is 0.645. The number of fused-ring (bicyclic) bond motifs is 1. The fourth-order valence-corrected chi connectivity index (χ4v) is 6.66. The molecular formula is C44H34N2. The number of nitrogens with zero attached hydrogens (tertiary/aromatic N) is 1. The van der Waals surface area contributed by atoms with Crippen molar-refractivity contribution >= 4 is 16.5 Å². The van der Waals surface area contributed by atoms with E-state index in [1.165, 1.54) is 55.3 Å². The van der Waals surface area contributed by atoms with Crippen molar-refractivity contribution in [3.05, 3.63) is 193 Å². The topological polar surface area (TPSA) is 24.4 Å². The second kappa shape index (κ2) is 12.4. The molecule has 1 heterocycles. The Morgan fingerprint density at radius 2 is 1.00 bits per heavy atom. The molecule has 1 N–H and O–H groups in total. The maximum absolute atomic E-state index is 5.40. The quantitative estimate of drug-likeness (QED) is 0.205. The molecule has 8 rings (SSSR count). The van der Waals surface area contributed by atoms with Crippen LogP contribution in [-0.2, 0) is 0 Å². The molecule has 0 fully saturated rings. The van der Waals surface area contributed by atoms with Gasteiger partial charge >= 0.3 is 0 Å². The Morgan fingerprint density at radius 3 is 1.74 bits per heavy atom. The van der Waals surface area contributed by atoms with Gasteiger partial charge in [0.15, 0.2) is 0 Å². The zero-order chi connectivity index (χ0) is 30.7. The van der Waals surface area contributed by atoms with E-state index in [1.54, 1.807) is 0 Å². The molecule has 7 aromatic carbocycles. The summed E-state index contributed by atoms with van der Waals surface area (Å²) in [5.41, 5.74) is 12.0. The second-order valence-corrected chi connectivity index (χ2v) is 12.0. The fraction of sp³-hybridized carbons (Fsp3) is 0.0682. The molecule has 0 aliphatic carbocycles. The van der Waals surface area contributed by atoms with Crippen LogP contribution in [0.4, 0.5) is 0 Å². The summed E-state index contributed by atoms with van der Waals surface area (Å²) < 4.78 is 0. The van der Waals surface area contributed by atoms with Crippen LogP contribution < -0.4 is 5.32 Å². The minimum Gasteiger partial charge on any atom is -0.285 e. The lowest BCUT2D eigenvalue weighted by Gasteiger charge is -2.31. The van der Waals surface area contributed by atoms with Crippen molar-refractivity contribution < 1.29 is 0 Å². The maximum Gasteiger partial charge on any atom is 0.126 e. The van der Waals surface area contributed by atoms with Crippen molar-refractivity contribution in [1.82, 2.24) is 5.32 Å². The third-order valence-corrected chi connectivity index (χ3v) is 9.05. The lowest BCUT2D eigenvalue weighted by atomic mass is 9.88. The first-order valence-corrected chi connectivity index (χ1v) is 16.0. The van der Waals surface area contributed by atoms with Gasteiger partial charge in [-0.1, -0.05) is 158 Å². The van der Waals surface area contributed by atoms with Crippen molar-refractivity contribution in [3.8, 4) is 33.4 Å². The van der Waals surface area contributed by atoms with Crippen molar-refractivity contribution in [1.29, 1.82) is 0 Å². The summed E-state index contributed by atoms with van der Waals surface area (Å²) in [7, 11) is 0. The van der Waals surface area contributed by atoms with E-state index >= 15 is 0 Å². The first-order valence-electron chi connectivity index (χ1n) is 16.0. The molecule has 2 unspecified atom stereocenters. The van der Waals surface area contributed by atoms with E-state index in [-0.39, 0.29) is 12.2 Å². The van der Waals surface area contributed by atoms with Gasteiger partial charge in [0.05, 0.1) is 0 Å². The largest absolute Gasteiger partial charge is 0.285 e. The van der Waals surface area contributed by atoms with Gasteiger partial charge in [-0.3, -0.25) is 10.3 Å². The first-order chi connectivity index (χ1) is 22.8. The van der Waals surface area contributed by atoms with Gasteiger partial charge in [-0.2, -0.15) is 0 Å². The number of nitrogens with one attached hydrogen (secondary N) is 1. The molecule has 220 valence electrons. The summed E-state index contributed by atoms with van der Waals surface area (Å²) in [6.45, 7) is 0. The molecule has 0 radical (unpaired) electrons. The smallest absolute Gasteiger partial charge is 0.126 e. The van der Waals surface area contributed by atoms with Crippen LogP contribution in [-0.4, -0.2) is 5.71 Å². The van der Waals surface area contributed by atoms with Gasteiger partial charge in [0, 0.05) is 18.2 Å². The lowest BCUT2D eigenvalue weighted by molar-refractivity contribution is 0.442. The van der Waals surface area contributed by atoms with E-state index < -0.39 is 0 Å². The highest BCUT2D eigenvalue weighted by Crippen LogP contribution is 2.36. The summed E-state index contributed by atoms with van der Waals surface area (Å²) >= 11 is 0. The van der Waals surface area contributed by atoms with Crippen molar-refractivity contribution in [2.24, 2.45) is 4.99 Å². The number of aliphatic imine (C=N–C) groups is 1. The van der Waals surface area contributed by atoms with Crippen LogP contribution in [0, 0.1) is 0 Å². The zero-order valence-electron chi connectivity index (χ0n) is 25.6. The van der Waals surface area contributed by atoms with Crippen LogP contribution in [0.5, 0.6) is 0 Å². The highest BCUT2D eigenvalue weighted by atomic mass is 15.1. The Kier molecular flexibility index (Phi) is 7.55. The molecular weight excluding hydrogens is 556 g/mol. The van der Waals surface area contributed by atoms with Gasteiger partial charge in [-0.05, 0) is 79.0 Å². The molecule has 0 aromatic heterocycles. The third-order valence-electron chi connectivity index (χ3n) is 9.05. The number of benzene rings is 7. The Hall–Kier alpha value is -5.57. The molecule has 46 heavy (non-hydrogen) atoms. The molecule has 0 amide bonds. The molecule has 0 saturated heterocycles. The molecule has 7 aromatic rings. The highest BCUT2D eigenvalue weighted by Gasteiger charge is 2.27. The van der Waals surface area contributed by atoms with Gasteiger partial charge in [0.2, 0.25) is 0 Å². The first kappa shape index (κ1) is 27.9. The molecule has 1 aliphatic heterocycles. The summed E-state index contributed by atoms with van der Waals surface area (Å²) in [4.78, 5) is 5.40. The van der Waals surface area contributed by atoms with Crippen molar-refractivity contribution in [2.45, 2.75) is 18.6 Å². The summed E-state index contributed by atoms with van der Waals surface area (Å²) in [6, 6.07) is 63.2. The third kappa shape index (κ3) is 5.67. The summed E-state index contributed by atoms with van der Waals surface area (Å²) in [5.74, 6) is 0. The molecule has 0 spiro atoms. The van der Waals surface area contributed by atoms with Crippen LogP contribution in [0.3, 0.4) is 0 Å². The Bertz CT molecular complexity index is 2130. The SMILES string of the molecule is c1ccc(-c2ccc(C3CC(c4cc(-c5ccccc5)cc(-c5cccc6ccccc56)c4)=NC(c4ccccc4)N3)cc2)cc1. The predicted molar refractivity (Wildman–Crippen MR) is 193 cm³/mol. The van der Waals surface area contributed by atoms with E-state index in [0.29, 0.717) is 0 Å². The molecule has 0 bridgehead atoms.